The van der Waals surface area contributed by atoms with Gasteiger partial charge >= 0.3 is 0 Å². The third-order valence-corrected chi connectivity index (χ3v) is 6.90. The number of hydrogen-bond acceptors (Lipinski definition) is 5. The number of thioether (sulfide) groups is 1. The second-order valence-electron chi connectivity index (χ2n) is 7.00. The number of nitrogens with one attached hydrogen (secondary N) is 1. The largest absolute Gasteiger partial charge is 0.493 e. The van der Waals surface area contributed by atoms with Crippen LogP contribution >= 0.6 is 58.2 Å². The number of amidine groups is 1. The molecular formula is C24H16Cl4N2O3S. The third kappa shape index (κ3) is 5.82. The zero-order valence-corrected chi connectivity index (χ0v) is 21.4. The number of halogens is 4. The second-order valence-corrected chi connectivity index (χ2v) is 9.66. The van der Waals surface area contributed by atoms with Gasteiger partial charge in [-0.15, -0.1) is 0 Å². The Balaban J connectivity index is 1.54. The van der Waals surface area contributed by atoms with Gasteiger partial charge in [-0.2, -0.15) is 0 Å². The van der Waals surface area contributed by atoms with Gasteiger partial charge < -0.3 is 14.8 Å². The molecule has 0 unspecified atom stereocenters. The summed E-state index contributed by atoms with van der Waals surface area (Å²) in [4.78, 5) is 17.3. The summed E-state index contributed by atoms with van der Waals surface area (Å²) in [6, 6.07) is 15.9. The van der Waals surface area contributed by atoms with Gasteiger partial charge in [-0.3, -0.25) is 4.79 Å². The highest BCUT2D eigenvalue weighted by Crippen LogP contribution is 2.39. The molecule has 4 rings (SSSR count). The maximum Gasteiger partial charge on any atom is 0.264 e. The van der Waals surface area contributed by atoms with E-state index in [1.165, 1.54) is 18.9 Å². The van der Waals surface area contributed by atoms with Crippen molar-refractivity contribution in [3.63, 3.8) is 0 Å². The summed E-state index contributed by atoms with van der Waals surface area (Å²) in [5.74, 6) is 0.555. The van der Waals surface area contributed by atoms with E-state index in [0.29, 0.717) is 52.9 Å². The third-order valence-electron chi connectivity index (χ3n) is 4.65. The molecule has 5 nitrogen and oxygen atoms in total. The van der Waals surface area contributed by atoms with Crippen LogP contribution in [0.3, 0.4) is 0 Å². The smallest absolute Gasteiger partial charge is 0.264 e. The number of methoxy groups -OCH3 is 1. The van der Waals surface area contributed by atoms with Crippen LogP contribution < -0.4 is 14.8 Å². The Hall–Kier alpha value is -2.35. The van der Waals surface area contributed by atoms with Crippen molar-refractivity contribution in [2.24, 2.45) is 4.99 Å². The Morgan fingerprint density at radius 2 is 1.79 bits per heavy atom. The first-order chi connectivity index (χ1) is 16.3. The summed E-state index contributed by atoms with van der Waals surface area (Å²) >= 11 is 25.8. The Kier molecular flexibility index (Phi) is 7.96. The van der Waals surface area contributed by atoms with E-state index in [-0.39, 0.29) is 12.5 Å². The van der Waals surface area contributed by atoms with E-state index in [0.717, 1.165) is 5.56 Å². The summed E-state index contributed by atoms with van der Waals surface area (Å²) in [5.41, 5.74) is 2.06. The number of rotatable bonds is 6. The Morgan fingerprint density at radius 3 is 2.53 bits per heavy atom. The lowest BCUT2D eigenvalue weighted by atomic mass is 10.1. The van der Waals surface area contributed by atoms with E-state index < -0.39 is 0 Å². The van der Waals surface area contributed by atoms with Crippen molar-refractivity contribution in [1.82, 2.24) is 5.32 Å². The summed E-state index contributed by atoms with van der Waals surface area (Å²) in [6.45, 7) is 0.290. The van der Waals surface area contributed by atoms with E-state index in [4.69, 9.17) is 55.9 Å². The van der Waals surface area contributed by atoms with E-state index in [1.54, 1.807) is 48.5 Å². The first-order valence-electron chi connectivity index (χ1n) is 9.82. The maximum absolute atomic E-state index is 12.5. The van der Waals surface area contributed by atoms with Crippen molar-refractivity contribution in [3.8, 4) is 11.5 Å². The number of hydrogen-bond donors (Lipinski definition) is 1. The molecule has 0 radical (unpaired) electrons. The van der Waals surface area contributed by atoms with E-state index in [9.17, 15) is 4.79 Å². The monoisotopic (exact) mass is 552 g/mol. The van der Waals surface area contributed by atoms with E-state index in [1.807, 2.05) is 12.1 Å². The van der Waals surface area contributed by atoms with Crippen LogP contribution in [0, 0.1) is 0 Å². The molecule has 0 atom stereocenters. The highest BCUT2D eigenvalue weighted by atomic mass is 35.5. The number of aliphatic imine (C=N–C) groups is 1. The maximum atomic E-state index is 12.5. The first-order valence-corrected chi connectivity index (χ1v) is 12.2. The van der Waals surface area contributed by atoms with Gasteiger partial charge in [0.25, 0.3) is 5.91 Å². The fraction of sp³-hybridized carbons (Fsp3) is 0.0833. The molecule has 0 bridgehead atoms. The van der Waals surface area contributed by atoms with Crippen LogP contribution in [0.25, 0.3) is 6.08 Å². The number of carbonyl (C=O) groups is 1. The average Bonchev–Trinajstić information content (AvgIpc) is 3.15. The molecule has 3 aromatic carbocycles. The normalized spacial score (nSPS) is 15.6. The van der Waals surface area contributed by atoms with Gasteiger partial charge in [0.1, 0.15) is 6.61 Å². The molecule has 10 heteroatoms. The molecular weight excluding hydrogens is 538 g/mol. The van der Waals surface area contributed by atoms with Crippen molar-refractivity contribution in [2.45, 2.75) is 6.61 Å². The van der Waals surface area contributed by atoms with Crippen molar-refractivity contribution < 1.29 is 14.3 Å². The molecule has 0 saturated carbocycles. The molecule has 174 valence electrons. The van der Waals surface area contributed by atoms with Gasteiger partial charge in [-0.1, -0.05) is 64.6 Å². The highest BCUT2D eigenvalue weighted by molar-refractivity contribution is 8.18. The van der Waals surface area contributed by atoms with Crippen LogP contribution in [0.5, 0.6) is 11.5 Å². The van der Waals surface area contributed by atoms with Crippen molar-refractivity contribution in [1.29, 1.82) is 0 Å². The molecule has 3 aromatic rings. The zero-order chi connectivity index (χ0) is 24.2. The average molecular weight is 554 g/mol. The minimum atomic E-state index is -0.292. The second kappa shape index (κ2) is 10.9. The van der Waals surface area contributed by atoms with Crippen molar-refractivity contribution in [2.75, 3.05) is 7.11 Å². The number of ether oxygens (including phenoxy) is 2. The molecule has 1 amide bonds. The van der Waals surface area contributed by atoms with Crippen LogP contribution in [0.1, 0.15) is 11.1 Å². The zero-order valence-electron chi connectivity index (χ0n) is 17.6. The number of carbonyl (C=O) groups excluding carboxylic acids is 1. The number of nitrogens with zero attached hydrogens (tertiary/aromatic N) is 1. The lowest BCUT2D eigenvalue weighted by Crippen LogP contribution is -2.19. The molecule has 1 heterocycles. The van der Waals surface area contributed by atoms with Gasteiger partial charge in [0.05, 0.1) is 32.8 Å². The van der Waals surface area contributed by atoms with Gasteiger partial charge in [-0.05, 0) is 65.4 Å². The molecule has 0 spiro atoms. The summed E-state index contributed by atoms with van der Waals surface area (Å²) in [5, 5.41) is 4.81. The molecule has 34 heavy (non-hydrogen) atoms. The van der Waals surface area contributed by atoms with Crippen LogP contribution in [-0.2, 0) is 11.4 Å². The minimum absolute atomic E-state index is 0.290. The topological polar surface area (TPSA) is 59.9 Å². The first kappa shape index (κ1) is 24.8. The minimum Gasteiger partial charge on any atom is -0.493 e. The predicted octanol–water partition coefficient (Wildman–Crippen LogP) is 7.78. The molecule has 1 aliphatic heterocycles. The fourth-order valence-corrected chi connectivity index (χ4v) is 4.59. The van der Waals surface area contributed by atoms with E-state index >= 15 is 0 Å². The lowest BCUT2D eigenvalue weighted by molar-refractivity contribution is -0.115. The Morgan fingerprint density at radius 1 is 1.03 bits per heavy atom. The summed E-state index contributed by atoms with van der Waals surface area (Å²) in [7, 11) is 1.52. The Labute approximate surface area is 220 Å². The van der Waals surface area contributed by atoms with Crippen LogP contribution in [0.4, 0.5) is 5.69 Å². The Bertz CT molecular complexity index is 1310. The van der Waals surface area contributed by atoms with Gasteiger partial charge in [0.15, 0.2) is 16.7 Å². The van der Waals surface area contributed by atoms with Crippen LogP contribution in [0.15, 0.2) is 64.5 Å². The van der Waals surface area contributed by atoms with E-state index in [2.05, 4.69) is 10.3 Å². The van der Waals surface area contributed by atoms with Crippen LogP contribution in [0.2, 0.25) is 20.1 Å². The molecule has 0 aromatic heterocycles. The number of amides is 1. The van der Waals surface area contributed by atoms with Gasteiger partial charge in [-0.25, -0.2) is 4.99 Å². The number of benzene rings is 3. The standard InChI is InChI=1S/C24H16Cl4N2O3S/c1-32-19-10-14(9-17(27)22(19)33-12-13-5-7-15(25)8-6-13)11-20-23(31)30-24(34-20)29-18-4-2-3-16(26)21(18)28/h2-11H,12H2,1H3,(H,29,30,31)/b20-11+. The molecule has 1 fully saturated rings. The summed E-state index contributed by atoms with van der Waals surface area (Å²) < 4.78 is 11.4. The van der Waals surface area contributed by atoms with Gasteiger partial charge in [0, 0.05) is 5.02 Å². The quantitative estimate of drug-likeness (QED) is 0.316. The van der Waals surface area contributed by atoms with Crippen molar-refractivity contribution >= 4 is 81.0 Å². The molecule has 1 aliphatic rings. The molecule has 0 aliphatic carbocycles. The fourth-order valence-electron chi connectivity index (χ4n) is 3.02. The molecule has 1 N–H and O–H groups in total. The van der Waals surface area contributed by atoms with Crippen LogP contribution in [-0.4, -0.2) is 18.2 Å². The summed E-state index contributed by atoms with van der Waals surface area (Å²) in [6.07, 6.45) is 1.69. The molecule has 1 saturated heterocycles. The van der Waals surface area contributed by atoms with Gasteiger partial charge in [0.2, 0.25) is 0 Å². The predicted molar refractivity (Wildman–Crippen MR) is 141 cm³/mol. The SMILES string of the molecule is COc1cc(/C=C2/SC(=Nc3cccc(Cl)c3Cl)NC2=O)cc(Cl)c1OCc1ccc(Cl)cc1. The van der Waals surface area contributed by atoms with Crippen molar-refractivity contribution in [3.05, 3.63) is 90.7 Å². The highest BCUT2D eigenvalue weighted by Gasteiger charge is 2.24. The lowest BCUT2D eigenvalue weighted by Gasteiger charge is -2.13.